The lowest BCUT2D eigenvalue weighted by Gasteiger charge is -2.19. The fraction of sp³-hybridized carbons (Fsp3) is 0.389. The number of nitrogens with one attached hydrogen (secondary N) is 2. The number of nitriles is 1. The topological polar surface area (TPSA) is 84.8 Å². The van der Waals surface area contributed by atoms with Crippen molar-refractivity contribution in [1.82, 2.24) is 9.97 Å². The van der Waals surface area contributed by atoms with Gasteiger partial charge >= 0.3 is 0 Å². The molecule has 2 heterocycles. The van der Waals surface area contributed by atoms with Crippen LogP contribution in [0.5, 0.6) is 0 Å². The first-order valence-corrected chi connectivity index (χ1v) is 8.40. The standard InChI is InChI=1S/C18H19N5O/c19-10-14-9-13(5-6-16(14)23-7-1-2-8-23)17(24)22-18-20-11-15(21-18)12-3-4-12/h5-6,9,11-12H,1-4,7-8H2,(H2,20,21,22,24). The van der Waals surface area contributed by atoms with E-state index in [2.05, 4.69) is 26.3 Å². The maximum absolute atomic E-state index is 12.4. The number of hydrogen-bond acceptors (Lipinski definition) is 4. The van der Waals surface area contributed by atoms with E-state index >= 15 is 0 Å². The first kappa shape index (κ1) is 14.8. The zero-order valence-corrected chi connectivity index (χ0v) is 13.4. The van der Waals surface area contributed by atoms with E-state index < -0.39 is 0 Å². The summed E-state index contributed by atoms with van der Waals surface area (Å²) in [5.74, 6) is 0.772. The highest BCUT2D eigenvalue weighted by atomic mass is 16.1. The fourth-order valence-electron chi connectivity index (χ4n) is 3.18. The predicted octanol–water partition coefficient (Wildman–Crippen LogP) is 3.01. The van der Waals surface area contributed by atoms with Crippen LogP contribution in [0.15, 0.2) is 24.4 Å². The van der Waals surface area contributed by atoms with Crippen molar-refractivity contribution in [1.29, 1.82) is 5.26 Å². The summed E-state index contributed by atoms with van der Waals surface area (Å²) in [7, 11) is 0. The van der Waals surface area contributed by atoms with E-state index in [1.807, 2.05) is 6.07 Å². The highest BCUT2D eigenvalue weighted by Crippen LogP contribution is 2.39. The Kier molecular flexibility index (Phi) is 3.69. The second-order valence-corrected chi connectivity index (χ2v) is 6.45. The minimum atomic E-state index is -0.254. The number of nitrogens with zero attached hydrogens (tertiary/aromatic N) is 3. The molecule has 1 saturated heterocycles. The molecule has 1 aromatic heterocycles. The summed E-state index contributed by atoms with van der Waals surface area (Å²) in [6, 6.07) is 7.52. The summed E-state index contributed by atoms with van der Waals surface area (Å²) in [6.07, 6.45) is 6.44. The maximum Gasteiger partial charge on any atom is 0.258 e. The van der Waals surface area contributed by atoms with Crippen LogP contribution in [0.2, 0.25) is 0 Å². The molecule has 0 spiro atoms. The molecule has 0 bridgehead atoms. The van der Waals surface area contributed by atoms with Crippen molar-refractivity contribution < 1.29 is 4.79 Å². The molecule has 24 heavy (non-hydrogen) atoms. The monoisotopic (exact) mass is 321 g/mol. The van der Waals surface area contributed by atoms with Gasteiger partial charge in [0.15, 0.2) is 0 Å². The van der Waals surface area contributed by atoms with Gasteiger partial charge in [-0.25, -0.2) is 4.98 Å². The van der Waals surface area contributed by atoms with Gasteiger partial charge in [0.05, 0.1) is 17.4 Å². The Morgan fingerprint density at radius 3 is 2.83 bits per heavy atom. The van der Waals surface area contributed by atoms with Crippen LogP contribution >= 0.6 is 0 Å². The lowest BCUT2D eigenvalue weighted by atomic mass is 10.1. The highest BCUT2D eigenvalue weighted by Gasteiger charge is 2.25. The Morgan fingerprint density at radius 2 is 2.12 bits per heavy atom. The largest absolute Gasteiger partial charge is 0.370 e. The lowest BCUT2D eigenvalue weighted by Crippen LogP contribution is -2.19. The number of rotatable bonds is 4. The molecule has 6 nitrogen and oxygen atoms in total. The Bertz CT molecular complexity index is 809. The van der Waals surface area contributed by atoms with Crippen molar-refractivity contribution in [3.8, 4) is 6.07 Å². The average molecular weight is 321 g/mol. The van der Waals surface area contributed by atoms with Crippen molar-refractivity contribution in [2.75, 3.05) is 23.3 Å². The third-order valence-corrected chi connectivity index (χ3v) is 4.67. The molecule has 2 fully saturated rings. The minimum absolute atomic E-state index is 0.254. The van der Waals surface area contributed by atoms with E-state index in [1.165, 1.54) is 12.8 Å². The first-order chi connectivity index (χ1) is 11.7. The molecular weight excluding hydrogens is 302 g/mol. The smallest absolute Gasteiger partial charge is 0.258 e. The molecule has 0 unspecified atom stereocenters. The Hall–Kier alpha value is -2.81. The molecule has 1 saturated carbocycles. The quantitative estimate of drug-likeness (QED) is 0.906. The van der Waals surface area contributed by atoms with E-state index in [-0.39, 0.29) is 5.91 Å². The molecule has 2 aromatic rings. The maximum atomic E-state index is 12.4. The molecule has 1 aromatic carbocycles. The van der Waals surface area contributed by atoms with Gasteiger partial charge in [0, 0.05) is 30.3 Å². The third kappa shape index (κ3) is 2.85. The number of aromatic nitrogens is 2. The van der Waals surface area contributed by atoms with Gasteiger partial charge in [-0.3, -0.25) is 10.1 Å². The minimum Gasteiger partial charge on any atom is -0.370 e. The van der Waals surface area contributed by atoms with E-state index in [4.69, 9.17) is 0 Å². The first-order valence-electron chi connectivity index (χ1n) is 8.40. The number of aromatic amines is 1. The van der Waals surface area contributed by atoms with Gasteiger partial charge in [-0.1, -0.05) is 0 Å². The van der Waals surface area contributed by atoms with Gasteiger partial charge in [0.2, 0.25) is 5.95 Å². The van der Waals surface area contributed by atoms with Crippen LogP contribution in [0.25, 0.3) is 0 Å². The predicted molar refractivity (Wildman–Crippen MR) is 91.1 cm³/mol. The summed E-state index contributed by atoms with van der Waals surface area (Å²) in [6.45, 7) is 1.94. The molecule has 2 aliphatic rings. The number of carbonyl (C=O) groups excluding carboxylic acids is 1. The number of H-pyrrole nitrogens is 1. The van der Waals surface area contributed by atoms with Gasteiger partial charge in [0.25, 0.3) is 5.91 Å². The molecule has 1 aliphatic carbocycles. The van der Waals surface area contributed by atoms with E-state index in [0.717, 1.165) is 37.3 Å². The van der Waals surface area contributed by atoms with Gasteiger partial charge in [0.1, 0.15) is 6.07 Å². The molecule has 2 N–H and O–H groups in total. The molecule has 122 valence electrons. The van der Waals surface area contributed by atoms with E-state index in [1.54, 1.807) is 18.3 Å². The van der Waals surface area contributed by atoms with Crippen molar-refractivity contribution in [3.63, 3.8) is 0 Å². The van der Waals surface area contributed by atoms with Crippen LogP contribution in [0.4, 0.5) is 11.6 Å². The van der Waals surface area contributed by atoms with Crippen molar-refractivity contribution in [3.05, 3.63) is 41.2 Å². The summed E-state index contributed by atoms with van der Waals surface area (Å²) in [5, 5.41) is 12.2. The molecule has 6 heteroatoms. The molecule has 0 atom stereocenters. The van der Waals surface area contributed by atoms with Gasteiger partial charge in [-0.05, 0) is 43.9 Å². The Labute approximate surface area is 140 Å². The van der Waals surface area contributed by atoms with Crippen LogP contribution in [-0.2, 0) is 0 Å². The molecule has 4 rings (SSSR count). The molecular formula is C18H19N5O. The highest BCUT2D eigenvalue weighted by molar-refractivity contribution is 6.04. The number of amides is 1. The van der Waals surface area contributed by atoms with Crippen LogP contribution in [-0.4, -0.2) is 29.0 Å². The zero-order chi connectivity index (χ0) is 16.5. The number of hydrogen-bond donors (Lipinski definition) is 2. The Balaban J connectivity index is 1.52. The third-order valence-electron chi connectivity index (χ3n) is 4.67. The molecule has 1 amide bonds. The Morgan fingerprint density at radius 1 is 1.33 bits per heavy atom. The zero-order valence-electron chi connectivity index (χ0n) is 13.4. The number of carbonyl (C=O) groups is 1. The van der Waals surface area contributed by atoms with Crippen LogP contribution in [0, 0.1) is 11.3 Å². The van der Waals surface area contributed by atoms with Crippen molar-refractivity contribution in [2.45, 2.75) is 31.6 Å². The lowest BCUT2D eigenvalue weighted by molar-refractivity contribution is 0.102. The fourth-order valence-corrected chi connectivity index (χ4v) is 3.18. The van der Waals surface area contributed by atoms with Crippen LogP contribution < -0.4 is 10.2 Å². The average Bonchev–Trinajstić information content (AvgIpc) is 3.11. The van der Waals surface area contributed by atoms with Crippen LogP contribution in [0.3, 0.4) is 0 Å². The number of imidazole rings is 1. The second-order valence-electron chi connectivity index (χ2n) is 6.45. The summed E-state index contributed by atoms with van der Waals surface area (Å²) >= 11 is 0. The van der Waals surface area contributed by atoms with Crippen molar-refractivity contribution in [2.24, 2.45) is 0 Å². The summed E-state index contributed by atoms with van der Waals surface area (Å²) < 4.78 is 0. The van der Waals surface area contributed by atoms with E-state index in [0.29, 0.717) is 23.0 Å². The van der Waals surface area contributed by atoms with Crippen LogP contribution in [0.1, 0.15) is 53.2 Å². The van der Waals surface area contributed by atoms with Gasteiger partial charge < -0.3 is 9.88 Å². The normalized spacial score (nSPS) is 16.9. The van der Waals surface area contributed by atoms with Gasteiger partial charge in [-0.15, -0.1) is 0 Å². The van der Waals surface area contributed by atoms with Gasteiger partial charge in [-0.2, -0.15) is 5.26 Å². The second kappa shape index (κ2) is 6.00. The summed E-state index contributed by atoms with van der Waals surface area (Å²) in [4.78, 5) is 22.0. The van der Waals surface area contributed by atoms with E-state index in [9.17, 15) is 10.1 Å². The number of benzene rings is 1. The number of anilines is 2. The molecule has 1 aliphatic heterocycles. The summed E-state index contributed by atoms with van der Waals surface area (Å²) in [5.41, 5.74) is 3.01. The molecule has 0 radical (unpaired) electrons. The van der Waals surface area contributed by atoms with Crippen molar-refractivity contribution >= 4 is 17.5 Å². The SMILES string of the molecule is N#Cc1cc(C(=O)Nc2ncc(C3CC3)[nH]2)ccc1N1CCCC1.